The summed E-state index contributed by atoms with van der Waals surface area (Å²) in [6.45, 7) is 4.28. The molecule has 0 aliphatic heterocycles. The predicted molar refractivity (Wildman–Crippen MR) is 155 cm³/mol. The fourth-order valence-corrected chi connectivity index (χ4v) is 4.63. The molecule has 0 aromatic heterocycles. The van der Waals surface area contributed by atoms with Crippen LogP contribution in [-0.4, -0.2) is 74.9 Å². The van der Waals surface area contributed by atoms with Crippen LogP contribution in [0.4, 0.5) is 0 Å². The summed E-state index contributed by atoms with van der Waals surface area (Å²) in [5, 5.41) is 0. The lowest BCUT2D eigenvalue weighted by atomic mass is 10.1. The van der Waals surface area contributed by atoms with Crippen molar-refractivity contribution in [2.45, 2.75) is 129 Å². The van der Waals surface area contributed by atoms with Crippen molar-refractivity contribution in [3.63, 3.8) is 0 Å². The van der Waals surface area contributed by atoms with Gasteiger partial charge in [0, 0.05) is 12.8 Å². The fourth-order valence-electron chi connectivity index (χ4n) is 3.89. The fraction of sp³-hybridized carbons (Fsp3) is 0.931. The van der Waals surface area contributed by atoms with Gasteiger partial charge in [-0.3, -0.25) is 18.6 Å². The zero-order valence-electron chi connectivity index (χ0n) is 25.6. The lowest BCUT2D eigenvalue weighted by Crippen LogP contribution is -2.37. The normalized spacial score (nSPS) is 14.1. The highest BCUT2D eigenvalue weighted by Crippen LogP contribution is 2.43. The minimum absolute atomic E-state index is 0.0352. The Morgan fingerprint density at radius 1 is 0.692 bits per heavy atom. The Bertz CT molecular complexity index is 668. The van der Waals surface area contributed by atoms with E-state index in [0.29, 0.717) is 17.4 Å². The van der Waals surface area contributed by atoms with Gasteiger partial charge in [0.15, 0.2) is 6.10 Å². The maximum atomic E-state index is 12.4. The zero-order valence-corrected chi connectivity index (χ0v) is 26.5. The van der Waals surface area contributed by atoms with Crippen molar-refractivity contribution >= 4 is 19.8 Å². The third-order valence-electron chi connectivity index (χ3n) is 6.39. The molecule has 9 nitrogen and oxygen atoms in total. The second-order valence-corrected chi connectivity index (χ2v) is 13.0. The minimum atomic E-state index is -4.34. The molecule has 0 spiro atoms. The number of esters is 2. The first kappa shape index (κ1) is 38.0. The average Bonchev–Trinajstić information content (AvgIpc) is 2.85. The molecular weight excluding hydrogens is 521 g/mol. The van der Waals surface area contributed by atoms with Gasteiger partial charge in [0.2, 0.25) is 0 Å². The molecule has 0 aromatic rings. The highest BCUT2D eigenvalue weighted by molar-refractivity contribution is 7.47. The molecule has 0 radical (unpaired) electrons. The van der Waals surface area contributed by atoms with E-state index in [9.17, 15) is 19.0 Å². The summed E-state index contributed by atoms with van der Waals surface area (Å²) in [5.41, 5.74) is 0. The van der Waals surface area contributed by atoms with Gasteiger partial charge < -0.3 is 18.9 Å². The van der Waals surface area contributed by atoms with Crippen molar-refractivity contribution in [2.75, 3.05) is 47.5 Å². The number of ether oxygens (including phenoxy) is 2. The van der Waals surface area contributed by atoms with Crippen LogP contribution in [0.15, 0.2) is 0 Å². The number of quaternary nitrogens is 1. The van der Waals surface area contributed by atoms with Gasteiger partial charge in [0.25, 0.3) is 0 Å². The Hall–Kier alpha value is -0.990. The van der Waals surface area contributed by atoms with E-state index < -0.39 is 26.5 Å². The summed E-state index contributed by atoms with van der Waals surface area (Å²) in [7, 11) is 1.48. The second kappa shape index (κ2) is 23.7. The highest BCUT2D eigenvalue weighted by Gasteiger charge is 2.27. The number of rotatable bonds is 27. The molecule has 0 aliphatic carbocycles. The van der Waals surface area contributed by atoms with Gasteiger partial charge in [0.1, 0.15) is 19.8 Å². The number of phosphoric ester groups is 1. The van der Waals surface area contributed by atoms with Crippen LogP contribution < -0.4 is 0 Å². The first-order valence-electron chi connectivity index (χ1n) is 15.3. The van der Waals surface area contributed by atoms with Crippen molar-refractivity contribution in [1.82, 2.24) is 0 Å². The molecule has 1 N–H and O–H groups in total. The van der Waals surface area contributed by atoms with E-state index in [1.54, 1.807) is 0 Å². The Morgan fingerprint density at radius 3 is 1.64 bits per heavy atom. The molecule has 0 aliphatic rings. The lowest BCUT2D eigenvalue weighted by Gasteiger charge is -2.24. The Labute approximate surface area is 238 Å². The summed E-state index contributed by atoms with van der Waals surface area (Å²) in [6, 6.07) is 0. The molecule has 10 heteroatoms. The van der Waals surface area contributed by atoms with Crippen LogP contribution in [0.5, 0.6) is 0 Å². The Balaban J connectivity index is 4.52. The topological polar surface area (TPSA) is 108 Å². The lowest BCUT2D eigenvalue weighted by molar-refractivity contribution is -0.870. The number of carbonyl (C=O) groups is 2. The molecule has 0 amide bonds. The summed E-state index contributed by atoms with van der Waals surface area (Å²) in [4.78, 5) is 34.6. The first-order valence-corrected chi connectivity index (χ1v) is 16.8. The van der Waals surface area contributed by atoms with Crippen LogP contribution in [0.1, 0.15) is 123 Å². The molecule has 0 rings (SSSR count). The van der Waals surface area contributed by atoms with Gasteiger partial charge in [-0.1, -0.05) is 97.3 Å². The van der Waals surface area contributed by atoms with E-state index in [2.05, 4.69) is 13.8 Å². The van der Waals surface area contributed by atoms with E-state index in [1.165, 1.54) is 44.9 Å². The predicted octanol–water partition coefficient (Wildman–Crippen LogP) is 6.95. The SMILES string of the molecule is CCCCCCCCCCCCC(=O)OC(COC(=O)CCCCCCC)COP(=O)(O)OCC[N+](C)(C)C. The van der Waals surface area contributed by atoms with E-state index in [1.807, 2.05) is 21.1 Å². The molecule has 232 valence electrons. The first-order chi connectivity index (χ1) is 18.5. The second-order valence-electron chi connectivity index (χ2n) is 11.5. The maximum Gasteiger partial charge on any atom is 0.472 e. The average molecular weight is 581 g/mol. The summed E-state index contributed by atoms with van der Waals surface area (Å²) < 4.78 is 33.7. The van der Waals surface area contributed by atoms with E-state index in [4.69, 9.17) is 18.5 Å². The smallest absolute Gasteiger partial charge is 0.462 e. The molecule has 0 fully saturated rings. The van der Waals surface area contributed by atoms with Crippen molar-refractivity contribution in [1.29, 1.82) is 0 Å². The van der Waals surface area contributed by atoms with Gasteiger partial charge in [-0.25, -0.2) is 4.57 Å². The molecular formula is C29H59NO8P+. The van der Waals surface area contributed by atoms with E-state index >= 15 is 0 Å². The van der Waals surface area contributed by atoms with Crippen LogP contribution in [0.3, 0.4) is 0 Å². The Morgan fingerprint density at radius 2 is 1.15 bits per heavy atom. The van der Waals surface area contributed by atoms with Crippen LogP contribution in [-0.2, 0) is 32.7 Å². The number of phosphoric acid groups is 1. The van der Waals surface area contributed by atoms with Crippen molar-refractivity contribution in [3.8, 4) is 0 Å². The number of nitrogens with zero attached hydrogens (tertiary/aromatic N) is 1. The third kappa shape index (κ3) is 27.0. The summed E-state index contributed by atoms with van der Waals surface area (Å²) >= 11 is 0. The van der Waals surface area contributed by atoms with Crippen LogP contribution in [0.25, 0.3) is 0 Å². The summed E-state index contributed by atoms with van der Waals surface area (Å²) in [5.74, 6) is -0.814. The minimum Gasteiger partial charge on any atom is -0.462 e. The van der Waals surface area contributed by atoms with Crippen molar-refractivity contribution in [3.05, 3.63) is 0 Å². The molecule has 0 saturated carbocycles. The van der Waals surface area contributed by atoms with Gasteiger partial charge >= 0.3 is 19.8 Å². The monoisotopic (exact) mass is 580 g/mol. The van der Waals surface area contributed by atoms with Crippen LogP contribution in [0.2, 0.25) is 0 Å². The molecule has 0 saturated heterocycles. The molecule has 0 heterocycles. The molecule has 0 bridgehead atoms. The van der Waals surface area contributed by atoms with Crippen LogP contribution in [0, 0.1) is 0 Å². The van der Waals surface area contributed by atoms with Crippen molar-refractivity contribution in [2.24, 2.45) is 0 Å². The molecule has 39 heavy (non-hydrogen) atoms. The van der Waals surface area contributed by atoms with Crippen molar-refractivity contribution < 1.29 is 42.1 Å². The number of carbonyl (C=O) groups excluding carboxylic acids is 2. The molecule has 0 aromatic carbocycles. The van der Waals surface area contributed by atoms with Gasteiger partial charge in [-0.2, -0.15) is 0 Å². The number of unbranched alkanes of at least 4 members (excludes halogenated alkanes) is 13. The maximum absolute atomic E-state index is 12.4. The third-order valence-corrected chi connectivity index (χ3v) is 7.37. The number of likely N-dealkylation sites (N-methyl/N-ethyl adjacent to an activating group) is 1. The van der Waals surface area contributed by atoms with E-state index in [0.717, 1.165) is 44.9 Å². The van der Waals surface area contributed by atoms with Gasteiger partial charge in [-0.15, -0.1) is 0 Å². The molecule has 2 unspecified atom stereocenters. The largest absolute Gasteiger partial charge is 0.472 e. The quantitative estimate of drug-likeness (QED) is 0.0481. The van der Waals surface area contributed by atoms with Crippen LogP contribution >= 0.6 is 7.82 Å². The standard InChI is InChI=1S/C29H58NO8P/c1-6-8-10-12-13-14-15-16-18-20-22-29(32)38-27(25-35-28(31)21-19-17-11-9-7-2)26-37-39(33,34)36-24-23-30(3,4)5/h27H,6-26H2,1-5H3/p+1. The number of hydrogen-bond acceptors (Lipinski definition) is 7. The summed E-state index contributed by atoms with van der Waals surface area (Å²) in [6.07, 6.45) is 16.2. The van der Waals surface area contributed by atoms with Gasteiger partial charge in [-0.05, 0) is 12.8 Å². The highest BCUT2D eigenvalue weighted by atomic mass is 31.2. The van der Waals surface area contributed by atoms with E-state index in [-0.39, 0.29) is 32.0 Å². The van der Waals surface area contributed by atoms with Gasteiger partial charge in [0.05, 0.1) is 27.7 Å². The zero-order chi connectivity index (χ0) is 29.4. The molecule has 2 atom stereocenters. The Kier molecular flexibility index (Phi) is 23.1. The number of hydrogen-bond donors (Lipinski definition) is 1.